The summed E-state index contributed by atoms with van der Waals surface area (Å²) in [5, 5.41) is 12.1. The molecular formula is C43H46N4O14S. The van der Waals surface area contributed by atoms with E-state index in [4.69, 9.17) is 23.7 Å². The number of sulfonamides is 1. The van der Waals surface area contributed by atoms with Crippen molar-refractivity contribution in [2.45, 2.75) is 81.5 Å². The Bertz CT molecular complexity index is 2400. The van der Waals surface area contributed by atoms with Crippen molar-refractivity contribution in [1.29, 1.82) is 0 Å². The molecule has 0 unspecified atom stereocenters. The number of methoxy groups -OCH3 is 1. The highest BCUT2D eigenvalue weighted by Crippen LogP contribution is 2.54. The number of nitro groups is 1. The lowest BCUT2D eigenvalue weighted by atomic mass is 9.80. The zero-order chi connectivity index (χ0) is 45.1. The number of likely N-dealkylation sites (tertiary alicyclic amines) is 1. The van der Waals surface area contributed by atoms with E-state index in [1.54, 1.807) is 75.4 Å². The molecule has 3 amide bonds. The van der Waals surface area contributed by atoms with Crippen LogP contribution in [0.2, 0.25) is 0 Å². The molecule has 0 aliphatic carbocycles. The van der Waals surface area contributed by atoms with Gasteiger partial charge < -0.3 is 28.6 Å². The van der Waals surface area contributed by atoms with Crippen molar-refractivity contribution in [3.63, 3.8) is 0 Å². The van der Waals surface area contributed by atoms with Crippen LogP contribution in [-0.4, -0.2) is 107 Å². The number of ether oxygens (including phenoxy) is 5. The zero-order valence-corrected chi connectivity index (χ0v) is 35.6. The number of nitro benzene ring substituents is 1. The summed E-state index contributed by atoms with van der Waals surface area (Å²) in [5.74, 6) is -4.72. The number of benzene rings is 3. The van der Waals surface area contributed by atoms with Gasteiger partial charge in [0, 0.05) is 26.5 Å². The Kier molecular flexibility index (Phi) is 13.0. The summed E-state index contributed by atoms with van der Waals surface area (Å²) in [6, 6.07) is 14.8. The second-order valence-corrected chi connectivity index (χ2v) is 17.5. The first-order valence-electron chi connectivity index (χ1n) is 19.4. The van der Waals surface area contributed by atoms with Crippen LogP contribution in [0.25, 0.3) is 0 Å². The summed E-state index contributed by atoms with van der Waals surface area (Å²) in [7, 11) is -3.39. The molecule has 62 heavy (non-hydrogen) atoms. The number of esters is 2. The van der Waals surface area contributed by atoms with Gasteiger partial charge in [0.2, 0.25) is 5.91 Å². The molecular weight excluding hydrogens is 829 g/mol. The van der Waals surface area contributed by atoms with Gasteiger partial charge in [0.05, 0.1) is 48.9 Å². The molecule has 2 saturated heterocycles. The van der Waals surface area contributed by atoms with Crippen LogP contribution in [0.1, 0.15) is 51.8 Å². The number of nitrogens with zero attached hydrogens (tertiary/aromatic N) is 4. The minimum absolute atomic E-state index is 0.327. The fourth-order valence-corrected chi connectivity index (χ4v) is 9.72. The lowest BCUT2D eigenvalue weighted by molar-refractivity contribution is -0.387. The number of carbonyl (C=O) groups is 5. The van der Waals surface area contributed by atoms with E-state index in [2.05, 4.69) is 0 Å². The van der Waals surface area contributed by atoms with Crippen LogP contribution in [0.3, 0.4) is 0 Å². The average Bonchev–Trinajstić information content (AvgIpc) is 3.67. The van der Waals surface area contributed by atoms with Gasteiger partial charge in [-0.25, -0.2) is 18.1 Å². The molecule has 3 aliphatic rings. The van der Waals surface area contributed by atoms with E-state index in [9.17, 15) is 32.9 Å². The molecule has 0 radical (unpaired) electrons. The summed E-state index contributed by atoms with van der Waals surface area (Å²) in [6.07, 6.45) is 2.64. The maximum Gasteiger partial charge on any atom is 0.417 e. The van der Waals surface area contributed by atoms with Crippen LogP contribution in [-0.2, 0) is 54.7 Å². The monoisotopic (exact) mass is 874 g/mol. The van der Waals surface area contributed by atoms with Crippen molar-refractivity contribution in [3.8, 4) is 5.75 Å². The predicted molar refractivity (Wildman–Crippen MR) is 218 cm³/mol. The first-order valence-corrected chi connectivity index (χ1v) is 20.9. The number of hydrogen-bond acceptors (Lipinski definition) is 14. The van der Waals surface area contributed by atoms with Gasteiger partial charge in [-0.1, -0.05) is 66.7 Å². The smallest absolute Gasteiger partial charge is 0.417 e. The normalized spacial score (nSPS) is 22.7. The molecule has 19 heteroatoms. The molecule has 3 aliphatic heterocycles. The summed E-state index contributed by atoms with van der Waals surface area (Å²) in [5.41, 5.74) is -3.29. The molecule has 0 spiro atoms. The number of para-hydroxylation sites is 1. The lowest BCUT2D eigenvalue weighted by Gasteiger charge is -2.40. The molecule has 3 heterocycles. The second-order valence-electron chi connectivity index (χ2n) is 15.7. The first-order chi connectivity index (χ1) is 29.3. The fraction of sp³-hybridized carbons (Fsp3) is 0.372. The van der Waals surface area contributed by atoms with E-state index in [1.165, 1.54) is 31.4 Å². The van der Waals surface area contributed by atoms with Crippen molar-refractivity contribution >= 4 is 45.6 Å². The molecule has 0 aromatic heterocycles. The number of hydrogen-bond donors (Lipinski definition) is 0. The molecule has 0 bridgehead atoms. The second kappa shape index (κ2) is 17.9. The van der Waals surface area contributed by atoms with Gasteiger partial charge in [-0.05, 0) is 56.2 Å². The molecule has 328 valence electrons. The van der Waals surface area contributed by atoms with Crippen molar-refractivity contribution in [1.82, 2.24) is 14.1 Å². The van der Waals surface area contributed by atoms with Crippen molar-refractivity contribution in [2.24, 2.45) is 5.92 Å². The van der Waals surface area contributed by atoms with E-state index in [0.29, 0.717) is 16.9 Å². The quantitative estimate of drug-likeness (QED) is 0.0561. The Balaban J connectivity index is 1.63. The Labute approximate surface area is 357 Å². The average molecular weight is 875 g/mol. The number of rotatable bonds is 13. The topological polar surface area (TPSA) is 218 Å². The summed E-state index contributed by atoms with van der Waals surface area (Å²) in [6.45, 7) is 5.77. The fourth-order valence-electron chi connectivity index (χ4n) is 7.97. The minimum Gasteiger partial charge on any atom is -0.497 e. The minimum atomic E-state index is -4.83. The predicted octanol–water partition coefficient (Wildman–Crippen LogP) is 4.84. The Morgan fingerprint density at radius 3 is 2.27 bits per heavy atom. The summed E-state index contributed by atoms with van der Waals surface area (Å²) in [4.78, 5) is 82.9. The molecule has 2 fully saturated rings. The van der Waals surface area contributed by atoms with Crippen LogP contribution in [0, 0.1) is 16.0 Å². The largest absolute Gasteiger partial charge is 0.497 e. The highest BCUT2D eigenvalue weighted by atomic mass is 32.2. The lowest BCUT2D eigenvalue weighted by Crippen LogP contribution is -2.58. The van der Waals surface area contributed by atoms with E-state index >= 15 is 9.59 Å². The van der Waals surface area contributed by atoms with Crippen LogP contribution in [0.5, 0.6) is 5.75 Å². The van der Waals surface area contributed by atoms with Crippen LogP contribution in [0.15, 0.2) is 108 Å². The summed E-state index contributed by atoms with van der Waals surface area (Å²) < 4.78 is 58.9. The maximum absolute atomic E-state index is 15.7. The van der Waals surface area contributed by atoms with E-state index < -0.39 is 103 Å². The Morgan fingerprint density at radius 2 is 1.66 bits per heavy atom. The third-order valence-electron chi connectivity index (χ3n) is 10.5. The molecule has 0 N–H and O–H groups in total. The van der Waals surface area contributed by atoms with Crippen LogP contribution in [0.4, 0.5) is 10.5 Å². The standard InChI is InChI=1S/C43H46N4O14S/c1-27(48)58-24-22-43-36(37-34(60-43)16-12-23-45(37)62(55,56)35-17-11-10-15-32(35)47(53)54)39(50)46(33(26-59-28(2)49)30-18-20-31(57-6)21-19-30)38(43)40(51)44(41(52)61-42(3,4)5)25-29-13-8-7-9-14-29/h7-22,24,33-34,36-38H,23,25-26H2,1-6H3/b24-22+/t33-,34-,36+,37+,38-,43+/m0/s1. The molecule has 6 atom stereocenters. The number of fused-ring (bicyclic) bond motifs is 3. The van der Waals surface area contributed by atoms with Gasteiger partial charge in [-0.2, -0.15) is 4.31 Å². The number of imide groups is 1. The molecule has 6 rings (SSSR count). The highest BCUT2D eigenvalue weighted by Gasteiger charge is 2.73. The van der Waals surface area contributed by atoms with E-state index in [0.717, 1.165) is 52.4 Å². The first kappa shape index (κ1) is 45.1. The van der Waals surface area contributed by atoms with Gasteiger partial charge in [0.1, 0.15) is 29.6 Å². The SMILES string of the molecule is COc1ccc([C@H](COC(C)=O)N2C(=O)[C@H]3[C@H]4[C@H](C=CCN4S(=O)(=O)c4ccccc4[N+](=O)[O-])O[C@@]3(/C=C/OC(C)=O)[C@@H]2C(=O)N(Cc2ccccc2)C(=O)OC(C)(C)C)cc1. The number of amides is 3. The van der Waals surface area contributed by atoms with Crippen molar-refractivity contribution in [3.05, 3.63) is 125 Å². The third-order valence-corrected chi connectivity index (χ3v) is 12.4. The third kappa shape index (κ3) is 8.95. The molecule has 3 aromatic rings. The van der Waals surface area contributed by atoms with Crippen molar-refractivity contribution in [2.75, 3.05) is 20.3 Å². The Morgan fingerprint density at radius 1 is 1.00 bits per heavy atom. The highest BCUT2D eigenvalue weighted by molar-refractivity contribution is 7.89. The van der Waals surface area contributed by atoms with Gasteiger partial charge in [0.15, 0.2) is 4.90 Å². The zero-order valence-electron chi connectivity index (χ0n) is 34.7. The number of carbonyl (C=O) groups excluding carboxylic acids is 5. The Hall–Kier alpha value is -6.44. The summed E-state index contributed by atoms with van der Waals surface area (Å²) >= 11 is 0. The maximum atomic E-state index is 15.7. The van der Waals surface area contributed by atoms with Crippen LogP contribution >= 0.6 is 0 Å². The van der Waals surface area contributed by atoms with Crippen molar-refractivity contribution < 1.29 is 61.0 Å². The van der Waals surface area contributed by atoms with E-state index in [1.807, 2.05) is 0 Å². The van der Waals surface area contributed by atoms with Gasteiger partial charge in [0.25, 0.3) is 21.6 Å². The molecule has 3 aromatic carbocycles. The molecule has 0 saturated carbocycles. The van der Waals surface area contributed by atoms with Gasteiger partial charge in [-0.3, -0.25) is 29.3 Å². The van der Waals surface area contributed by atoms with Gasteiger partial charge >= 0.3 is 18.0 Å². The van der Waals surface area contributed by atoms with Gasteiger partial charge in [-0.15, -0.1) is 0 Å². The van der Waals surface area contributed by atoms with E-state index in [-0.39, 0.29) is 13.1 Å². The molecule has 18 nitrogen and oxygen atoms in total. The van der Waals surface area contributed by atoms with Crippen LogP contribution < -0.4 is 4.74 Å².